The summed E-state index contributed by atoms with van der Waals surface area (Å²) in [6.07, 6.45) is 6.81. The molecule has 0 aliphatic carbocycles. The summed E-state index contributed by atoms with van der Waals surface area (Å²) < 4.78 is 0. The predicted octanol–water partition coefficient (Wildman–Crippen LogP) is 2.09. The fourth-order valence-corrected chi connectivity index (χ4v) is 3.64. The van der Waals surface area contributed by atoms with Crippen LogP contribution < -0.4 is 10.6 Å². The van der Waals surface area contributed by atoms with Crippen LogP contribution in [0.4, 0.5) is 0 Å². The number of hydrogen-bond acceptors (Lipinski definition) is 3. The molecular formula is C16H33N3. The van der Waals surface area contributed by atoms with E-state index >= 15 is 0 Å². The van der Waals surface area contributed by atoms with Crippen molar-refractivity contribution >= 4 is 0 Å². The zero-order chi connectivity index (χ0) is 13.7. The van der Waals surface area contributed by atoms with Crippen molar-refractivity contribution in [2.24, 2.45) is 11.3 Å². The van der Waals surface area contributed by atoms with Crippen molar-refractivity contribution in [2.75, 3.05) is 39.8 Å². The molecule has 2 heterocycles. The van der Waals surface area contributed by atoms with Crippen molar-refractivity contribution < 1.29 is 0 Å². The molecule has 2 atom stereocenters. The van der Waals surface area contributed by atoms with Gasteiger partial charge in [-0.1, -0.05) is 13.8 Å². The van der Waals surface area contributed by atoms with Crippen molar-refractivity contribution in [3.63, 3.8) is 0 Å². The second-order valence-electron chi connectivity index (χ2n) is 7.35. The highest BCUT2D eigenvalue weighted by Crippen LogP contribution is 2.32. The van der Waals surface area contributed by atoms with Crippen LogP contribution in [0.2, 0.25) is 0 Å². The fourth-order valence-electron chi connectivity index (χ4n) is 3.64. The lowest BCUT2D eigenvalue weighted by Gasteiger charge is -2.40. The molecule has 2 rings (SSSR count). The summed E-state index contributed by atoms with van der Waals surface area (Å²) >= 11 is 0. The Morgan fingerprint density at radius 2 is 2.11 bits per heavy atom. The number of nitrogens with zero attached hydrogens (tertiary/aromatic N) is 1. The Morgan fingerprint density at radius 3 is 2.79 bits per heavy atom. The summed E-state index contributed by atoms with van der Waals surface area (Å²) in [6, 6.07) is 0.774. The van der Waals surface area contributed by atoms with Crippen molar-refractivity contribution in [3.8, 4) is 0 Å². The van der Waals surface area contributed by atoms with E-state index in [-0.39, 0.29) is 0 Å². The summed E-state index contributed by atoms with van der Waals surface area (Å²) in [7, 11) is 2.27. The van der Waals surface area contributed by atoms with Gasteiger partial charge in [0, 0.05) is 19.1 Å². The SMILES string of the molecule is CN1CCCC(C(C)(C)CNCCC2CCCN2)C1. The zero-order valence-corrected chi connectivity index (χ0v) is 13.2. The maximum absolute atomic E-state index is 3.71. The van der Waals surface area contributed by atoms with E-state index in [0.29, 0.717) is 5.41 Å². The normalized spacial score (nSPS) is 29.8. The Kier molecular flexibility index (Phi) is 5.67. The quantitative estimate of drug-likeness (QED) is 0.722. The number of hydrogen-bond donors (Lipinski definition) is 2. The minimum absolute atomic E-state index is 0.428. The van der Waals surface area contributed by atoms with Gasteiger partial charge in [-0.3, -0.25) is 0 Å². The van der Waals surface area contributed by atoms with E-state index in [1.807, 2.05) is 0 Å². The number of rotatable bonds is 6. The van der Waals surface area contributed by atoms with Gasteiger partial charge in [-0.25, -0.2) is 0 Å². The molecule has 19 heavy (non-hydrogen) atoms. The van der Waals surface area contributed by atoms with E-state index in [1.165, 1.54) is 58.3 Å². The highest BCUT2D eigenvalue weighted by atomic mass is 15.1. The minimum Gasteiger partial charge on any atom is -0.316 e. The van der Waals surface area contributed by atoms with Gasteiger partial charge in [0.25, 0.3) is 0 Å². The number of piperidine rings is 1. The van der Waals surface area contributed by atoms with Crippen LogP contribution in [-0.2, 0) is 0 Å². The van der Waals surface area contributed by atoms with Gasteiger partial charge < -0.3 is 15.5 Å². The third kappa shape index (κ3) is 4.73. The van der Waals surface area contributed by atoms with Gasteiger partial charge in [-0.15, -0.1) is 0 Å². The lowest BCUT2D eigenvalue weighted by molar-refractivity contribution is 0.103. The molecule has 112 valence electrons. The number of likely N-dealkylation sites (tertiary alicyclic amines) is 1. The van der Waals surface area contributed by atoms with E-state index < -0.39 is 0 Å². The Morgan fingerprint density at radius 1 is 1.26 bits per heavy atom. The number of nitrogens with one attached hydrogen (secondary N) is 2. The molecule has 3 nitrogen and oxygen atoms in total. The van der Waals surface area contributed by atoms with Crippen molar-refractivity contribution in [1.29, 1.82) is 0 Å². The van der Waals surface area contributed by atoms with Crippen molar-refractivity contribution in [3.05, 3.63) is 0 Å². The van der Waals surface area contributed by atoms with Crippen LogP contribution in [0, 0.1) is 11.3 Å². The minimum atomic E-state index is 0.428. The molecule has 0 saturated carbocycles. The van der Waals surface area contributed by atoms with Crippen LogP contribution in [0.25, 0.3) is 0 Å². The summed E-state index contributed by atoms with van der Waals surface area (Å²) in [5.74, 6) is 0.850. The van der Waals surface area contributed by atoms with Crippen LogP contribution >= 0.6 is 0 Å². The van der Waals surface area contributed by atoms with E-state index in [1.54, 1.807) is 0 Å². The van der Waals surface area contributed by atoms with Crippen LogP contribution in [-0.4, -0.2) is 50.7 Å². The van der Waals surface area contributed by atoms with Crippen LogP contribution in [0.1, 0.15) is 46.0 Å². The molecule has 3 heteroatoms. The highest BCUT2D eigenvalue weighted by molar-refractivity contribution is 4.85. The van der Waals surface area contributed by atoms with Gasteiger partial charge in [0.15, 0.2) is 0 Å². The van der Waals surface area contributed by atoms with Gasteiger partial charge in [0.2, 0.25) is 0 Å². The fraction of sp³-hybridized carbons (Fsp3) is 1.00. The van der Waals surface area contributed by atoms with E-state index in [0.717, 1.165) is 18.5 Å². The maximum Gasteiger partial charge on any atom is 0.00796 e. The van der Waals surface area contributed by atoms with E-state index in [9.17, 15) is 0 Å². The lowest BCUT2D eigenvalue weighted by atomic mass is 9.74. The first kappa shape index (κ1) is 15.3. The highest BCUT2D eigenvalue weighted by Gasteiger charge is 2.31. The molecule has 0 bridgehead atoms. The molecule has 2 saturated heterocycles. The van der Waals surface area contributed by atoms with Crippen LogP contribution in [0.15, 0.2) is 0 Å². The molecule has 0 spiro atoms. The first-order chi connectivity index (χ1) is 9.08. The summed E-state index contributed by atoms with van der Waals surface area (Å²) in [4.78, 5) is 2.50. The largest absolute Gasteiger partial charge is 0.316 e. The summed E-state index contributed by atoms with van der Waals surface area (Å²) in [6.45, 7) is 11.0. The van der Waals surface area contributed by atoms with Gasteiger partial charge >= 0.3 is 0 Å². The molecule has 0 radical (unpaired) electrons. The van der Waals surface area contributed by atoms with Crippen LogP contribution in [0.3, 0.4) is 0 Å². The topological polar surface area (TPSA) is 27.3 Å². The van der Waals surface area contributed by atoms with Gasteiger partial charge in [-0.2, -0.15) is 0 Å². The molecule has 2 N–H and O–H groups in total. The molecule has 0 amide bonds. The standard InChI is InChI=1S/C16H33N3/c1-16(2,14-6-5-11-19(3)12-14)13-17-10-8-15-7-4-9-18-15/h14-15,17-18H,4-13H2,1-3H3. The third-order valence-corrected chi connectivity index (χ3v) is 5.14. The lowest BCUT2D eigenvalue weighted by Crippen LogP contribution is -2.44. The Bertz CT molecular complexity index is 259. The Labute approximate surface area is 119 Å². The molecule has 2 aliphatic heterocycles. The summed E-state index contributed by atoms with van der Waals surface area (Å²) in [5, 5.41) is 7.28. The molecule has 0 aromatic heterocycles. The van der Waals surface area contributed by atoms with Gasteiger partial charge in [0.05, 0.1) is 0 Å². The molecular weight excluding hydrogens is 234 g/mol. The zero-order valence-electron chi connectivity index (χ0n) is 13.2. The summed E-state index contributed by atoms with van der Waals surface area (Å²) in [5.41, 5.74) is 0.428. The van der Waals surface area contributed by atoms with E-state index in [4.69, 9.17) is 0 Å². The molecule has 2 aliphatic rings. The molecule has 2 fully saturated rings. The van der Waals surface area contributed by atoms with Gasteiger partial charge in [-0.05, 0) is 70.1 Å². The molecule has 2 unspecified atom stereocenters. The van der Waals surface area contributed by atoms with Crippen molar-refractivity contribution in [1.82, 2.24) is 15.5 Å². The monoisotopic (exact) mass is 267 g/mol. The average molecular weight is 267 g/mol. The van der Waals surface area contributed by atoms with Gasteiger partial charge in [0.1, 0.15) is 0 Å². The second kappa shape index (κ2) is 7.05. The molecule has 0 aromatic rings. The Balaban J connectivity index is 1.65. The smallest absolute Gasteiger partial charge is 0.00796 e. The average Bonchev–Trinajstić information content (AvgIpc) is 2.88. The van der Waals surface area contributed by atoms with Crippen molar-refractivity contribution in [2.45, 2.75) is 52.0 Å². The Hall–Kier alpha value is -0.120. The first-order valence-electron chi connectivity index (χ1n) is 8.20. The van der Waals surface area contributed by atoms with E-state index in [2.05, 4.69) is 36.4 Å². The third-order valence-electron chi connectivity index (χ3n) is 5.14. The maximum atomic E-state index is 3.71. The second-order valence-corrected chi connectivity index (χ2v) is 7.35. The predicted molar refractivity (Wildman–Crippen MR) is 82.5 cm³/mol. The van der Waals surface area contributed by atoms with Crippen LogP contribution in [0.5, 0.6) is 0 Å². The first-order valence-corrected chi connectivity index (χ1v) is 8.20. The molecule has 0 aromatic carbocycles.